The molecule has 0 saturated carbocycles. The van der Waals surface area contributed by atoms with Crippen molar-refractivity contribution in [3.63, 3.8) is 0 Å². The minimum Gasteiger partial charge on any atom is -0.496 e. The van der Waals surface area contributed by atoms with Crippen molar-refractivity contribution in [2.45, 2.75) is 27.2 Å². The van der Waals surface area contributed by atoms with Crippen molar-refractivity contribution in [2.24, 2.45) is 0 Å². The van der Waals surface area contributed by atoms with E-state index in [0.717, 1.165) is 39.8 Å². The van der Waals surface area contributed by atoms with Crippen LogP contribution in [0.3, 0.4) is 0 Å². The Bertz CT molecular complexity index is 1080. The van der Waals surface area contributed by atoms with Crippen molar-refractivity contribution in [2.75, 3.05) is 33.5 Å². The number of hydrogen-bond donors (Lipinski definition) is 1. The zero-order valence-electron chi connectivity index (χ0n) is 19.2. The summed E-state index contributed by atoms with van der Waals surface area (Å²) in [5.41, 5.74) is 4.24. The van der Waals surface area contributed by atoms with E-state index in [4.69, 9.17) is 18.6 Å². The van der Waals surface area contributed by atoms with Crippen LogP contribution in [0.4, 0.5) is 0 Å². The van der Waals surface area contributed by atoms with E-state index in [2.05, 4.69) is 5.32 Å². The summed E-state index contributed by atoms with van der Waals surface area (Å²) in [7, 11) is 1.65. The molecule has 0 saturated heterocycles. The summed E-state index contributed by atoms with van der Waals surface area (Å²) in [6.45, 7) is 8.19. The van der Waals surface area contributed by atoms with Crippen molar-refractivity contribution >= 4 is 22.4 Å². The first-order chi connectivity index (χ1) is 15.6. The molecule has 0 aliphatic rings. The van der Waals surface area contributed by atoms with Gasteiger partial charge in [0.2, 0.25) is 5.91 Å². The second-order valence-corrected chi connectivity index (χ2v) is 7.30. The Morgan fingerprint density at radius 2 is 1.91 bits per heavy atom. The molecule has 0 radical (unpaired) electrons. The van der Waals surface area contributed by atoms with Gasteiger partial charge in [0.25, 0.3) is 0 Å². The molecule has 0 aliphatic heterocycles. The first-order valence-electron chi connectivity index (χ1n) is 10.9. The third-order valence-corrected chi connectivity index (χ3v) is 5.11. The zero-order valence-corrected chi connectivity index (χ0v) is 19.2. The highest BCUT2D eigenvalue weighted by Gasteiger charge is 2.17. The molecule has 0 unspecified atom stereocenters. The number of fused-ring (bicyclic) bond motifs is 1. The summed E-state index contributed by atoms with van der Waals surface area (Å²) < 4.78 is 22.5. The van der Waals surface area contributed by atoms with Gasteiger partial charge in [-0.15, -0.1) is 0 Å². The summed E-state index contributed by atoms with van der Waals surface area (Å²) in [5, 5.41) is 3.84. The van der Waals surface area contributed by atoms with Crippen molar-refractivity contribution in [1.82, 2.24) is 5.32 Å². The Labute approximate surface area is 189 Å². The first kappa shape index (κ1) is 23.4. The number of furan rings is 1. The van der Waals surface area contributed by atoms with Gasteiger partial charge in [0.1, 0.15) is 17.1 Å². The van der Waals surface area contributed by atoms with Gasteiger partial charge >= 0.3 is 0 Å². The molecule has 0 fully saturated rings. The zero-order chi connectivity index (χ0) is 22.9. The van der Waals surface area contributed by atoms with Gasteiger partial charge in [-0.1, -0.05) is 18.2 Å². The van der Waals surface area contributed by atoms with E-state index >= 15 is 0 Å². The normalized spacial score (nSPS) is 11.6. The Kier molecular flexibility index (Phi) is 8.34. The van der Waals surface area contributed by atoms with Crippen LogP contribution in [0, 0.1) is 0 Å². The second-order valence-electron chi connectivity index (χ2n) is 7.30. The molecule has 6 heteroatoms. The van der Waals surface area contributed by atoms with Crippen LogP contribution in [0.15, 0.2) is 53.2 Å². The van der Waals surface area contributed by atoms with E-state index in [1.807, 2.05) is 57.2 Å². The van der Waals surface area contributed by atoms with Crippen molar-refractivity contribution < 1.29 is 23.4 Å². The van der Waals surface area contributed by atoms with Gasteiger partial charge in [-0.25, -0.2) is 0 Å². The lowest BCUT2D eigenvalue weighted by molar-refractivity contribution is -0.116. The van der Waals surface area contributed by atoms with Crippen LogP contribution in [-0.2, 0) is 9.53 Å². The Balaban J connectivity index is 1.94. The van der Waals surface area contributed by atoms with Crippen molar-refractivity contribution in [3.8, 4) is 22.6 Å². The third kappa shape index (κ3) is 5.51. The minimum atomic E-state index is -0.140. The molecular formula is C26H31NO5. The largest absolute Gasteiger partial charge is 0.496 e. The van der Waals surface area contributed by atoms with Crippen LogP contribution in [0.25, 0.3) is 27.7 Å². The highest BCUT2D eigenvalue weighted by Crippen LogP contribution is 2.40. The van der Waals surface area contributed by atoms with Crippen LogP contribution in [0.1, 0.15) is 32.8 Å². The maximum atomic E-state index is 12.4. The molecule has 170 valence electrons. The first-order valence-corrected chi connectivity index (χ1v) is 10.9. The molecular weight excluding hydrogens is 406 g/mol. The minimum absolute atomic E-state index is 0.140. The number of ether oxygens (including phenoxy) is 3. The number of allylic oxidation sites excluding steroid dienone is 1. The van der Waals surface area contributed by atoms with Gasteiger partial charge in [0.15, 0.2) is 0 Å². The molecule has 3 rings (SSSR count). The number of carbonyl (C=O) groups excluding carboxylic acids is 1. The SMILES string of the molecule is CCOCCCNC(=O)/C=C(\C)c1cc2c(-c3ccccc3OC)coc2cc1OCC. The number of rotatable bonds is 11. The Morgan fingerprint density at radius 1 is 1.09 bits per heavy atom. The maximum absolute atomic E-state index is 12.4. The predicted octanol–water partition coefficient (Wildman–Crippen LogP) is 5.45. The highest BCUT2D eigenvalue weighted by molar-refractivity contribution is 6.01. The molecule has 0 atom stereocenters. The van der Waals surface area contributed by atoms with Crippen molar-refractivity contribution in [1.29, 1.82) is 0 Å². The van der Waals surface area contributed by atoms with E-state index in [0.29, 0.717) is 37.7 Å². The highest BCUT2D eigenvalue weighted by atomic mass is 16.5. The molecule has 0 bridgehead atoms. The van der Waals surface area contributed by atoms with E-state index in [1.54, 1.807) is 19.4 Å². The quantitative estimate of drug-likeness (QED) is 0.319. The molecule has 32 heavy (non-hydrogen) atoms. The molecule has 1 heterocycles. The molecule has 0 spiro atoms. The van der Waals surface area contributed by atoms with E-state index < -0.39 is 0 Å². The van der Waals surface area contributed by atoms with E-state index in [9.17, 15) is 4.79 Å². The monoisotopic (exact) mass is 437 g/mol. The number of benzene rings is 2. The van der Waals surface area contributed by atoms with Gasteiger partial charge in [0, 0.05) is 54.0 Å². The van der Waals surface area contributed by atoms with Crippen LogP contribution < -0.4 is 14.8 Å². The van der Waals surface area contributed by atoms with Crippen LogP contribution in [0.5, 0.6) is 11.5 Å². The number of nitrogens with one attached hydrogen (secondary N) is 1. The average Bonchev–Trinajstić information content (AvgIpc) is 3.21. The second kappa shape index (κ2) is 11.4. The molecule has 3 aromatic rings. The Hall–Kier alpha value is -3.25. The van der Waals surface area contributed by atoms with Gasteiger partial charge in [-0.2, -0.15) is 0 Å². The number of para-hydroxylation sites is 1. The average molecular weight is 438 g/mol. The summed E-state index contributed by atoms with van der Waals surface area (Å²) in [6.07, 6.45) is 4.11. The van der Waals surface area contributed by atoms with Crippen molar-refractivity contribution in [3.05, 3.63) is 54.3 Å². The number of methoxy groups -OCH3 is 1. The number of hydrogen-bond acceptors (Lipinski definition) is 5. The summed E-state index contributed by atoms with van der Waals surface area (Å²) in [5.74, 6) is 1.31. The van der Waals surface area contributed by atoms with Gasteiger partial charge in [-0.05, 0) is 44.9 Å². The van der Waals surface area contributed by atoms with Crippen LogP contribution >= 0.6 is 0 Å². The van der Waals surface area contributed by atoms with E-state index in [-0.39, 0.29) is 5.91 Å². The number of amides is 1. The van der Waals surface area contributed by atoms with E-state index in [1.165, 1.54) is 0 Å². The topological polar surface area (TPSA) is 69.9 Å². The lowest BCUT2D eigenvalue weighted by Gasteiger charge is -2.12. The van der Waals surface area contributed by atoms with Gasteiger partial charge in [-0.3, -0.25) is 4.79 Å². The molecule has 1 aromatic heterocycles. The maximum Gasteiger partial charge on any atom is 0.244 e. The smallest absolute Gasteiger partial charge is 0.244 e. The molecule has 0 aliphatic carbocycles. The summed E-state index contributed by atoms with van der Waals surface area (Å²) in [6, 6.07) is 11.7. The summed E-state index contributed by atoms with van der Waals surface area (Å²) in [4.78, 5) is 12.4. The fourth-order valence-electron chi connectivity index (χ4n) is 3.57. The van der Waals surface area contributed by atoms with Gasteiger partial charge in [0.05, 0.1) is 20.0 Å². The molecule has 1 N–H and O–H groups in total. The lowest BCUT2D eigenvalue weighted by Crippen LogP contribution is -2.23. The molecule has 6 nitrogen and oxygen atoms in total. The fourth-order valence-corrected chi connectivity index (χ4v) is 3.57. The van der Waals surface area contributed by atoms with Crippen LogP contribution in [0.2, 0.25) is 0 Å². The van der Waals surface area contributed by atoms with Gasteiger partial charge < -0.3 is 23.9 Å². The Morgan fingerprint density at radius 3 is 2.66 bits per heavy atom. The standard InChI is InChI=1S/C26H31NO5/c1-5-30-13-9-12-27-26(28)14-18(3)20-15-21-22(19-10-7-8-11-23(19)29-4)17-32-25(21)16-24(20)31-6-2/h7-8,10-11,14-17H,5-6,9,12-13H2,1-4H3,(H,27,28)/b18-14+. The third-order valence-electron chi connectivity index (χ3n) is 5.11. The fraction of sp³-hybridized carbons (Fsp3) is 0.346. The van der Waals surface area contributed by atoms with Crippen LogP contribution in [-0.4, -0.2) is 39.4 Å². The number of carbonyl (C=O) groups is 1. The lowest BCUT2D eigenvalue weighted by atomic mass is 9.98. The predicted molar refractivity (Wildman–Crippen MR) is 127 cm³/mol. The molecule has 1 amide bonds. The molecule has 2 aromatic carbocycles. The summed E-state index contributed by atoms with van der Waals surface area (Å²) >= 11 is 0.